The molecule has 0 unspecified atom stereocenters. The van der Waals surface area contributed by atoms with Gasteiger partial charge in [0.1, 0.15) is 6.61 Å². The Labute approximate surface area is 170 Å². The number of H-pyrrole nitrogens is 1. The third-order valence-electron chi connectivity index (χ3n) is 4.81. The van der Waals surface area contributed by atoms with Crippen molar-refractivity contribution in [1.29, 1.82) is 0 Å². The van der Waals surface area contributed by atoms with Gasteiger partial charge in [-0.15, -0.1) is 0 Å². The number of carbonyl (C=O) groups is 2. The van der Waals surface area contributed by atoms with E-state index >= 15 is 0 Å². The Bertz CT molecular complexity index is 1270. The Kier molecular flexibility index (Phi) is 5.22. The highest BCUT2D eigenvalue weighted by molar-refractivity contribution is 6.01. The molecule has 2 amide bonds. The van der Waals surface area contributed by atoms with Crippen LogP contribution in [0, 0.1) is 11.8 Å². The molecule has 1 aliphatic heterocycles. The van der Waals surface area contributed by atoms with E-state index in [9.17, 15) is 14.4 Å². The van der Waals surface area contributed by atoms with E-state index in [1.165, 1.54) is 6.20 Å². The molecule has 0 bridgehead atoms. The van der Waals surface area contributed by atoms with Crippen LogP contribution in [-0.4, -0.2) is 46.3 Å². The van der Waals surface area contributed by atoms with Gasteiger partial charge < -0.3 is 25.5 Å². The van der Waals surface area contributed by atoms with Gasteiger partial charge in [0.25, 0.3) is 5.56 Å². The maximum atomic E-state index is 12.3. The molecule has 1 aromatic carbocycles. The van der Waals surface area contributed by atoms with E-state index in [-0.39, 0.29) is 24.1 Å². The summed E-state index contributed by atoms with van der Waals surface area (Å²) in [6, 6.07) is 5.27. The van der Waals surface area contributed by atoms with Gasteiger partial charge in [-0.3, -0.25) is 9.59 Å². The monoisotopic (exact) mass is 406 g/mol. The maximum absolute atomic E-state index is 12.3. The number of carboxylic acid groups (broad SMARTS) is 1. The minimum Gasteiger partial charge on any atom is -0.475 e. The van der Waals surface area contributed by atoms with E-state index in [4.69, 9.17) is 9.84 Å². The van der Waals surface area contributed by atoms with Crippen molar-refractivity contribution in [3.8, 4) is 17.7 Å². The Morgan fingerprint density at radius 1 is 1.30 bits per heavy atom. The summed E-state index contributed by atoms with van der Waals surface area (Å²) >= 11 is 0. The van der Waals surface area contributed by atoms with E-state index in [0.717, 1.165) is 5.39 Å². The molecule has 3 aromatic rings. The summed E-state index contributed by atoms with van der Waals surface area (Å²) in [6.07, 6.45) is 3.14. The molecule has 0 saturated carbocycles. The molecule has 1 fully saturated rings. The Hall–Kier alpha value is -4.06. The van der Waals surface area contributed by atoms with Crippen molar-refractivity contribution in [3.05, 3.63) is 46.5 Å². The van der Waals surface area contributed by atoms with Gasteiger partial charge in [-0.1, -0.05) is 11.8 Å². The van der Waals surface area contributed by atoms with Gasteiger partial charge in [0.15, 0.2) is 0 Å². The standard InChI is InChI=1S/C21H18N4O5/c26-18-4-3-14(25-18)11-30-20-16-9-15-13(2-1-6-23-21(28)29)10-24-19(27)17(15)8-12(16)5-7-22-20/h5,7-10,14,23H,3-4,6,11H2,(H,24,27)(H,25,26)(H,28,29)/t14-/m0/s1. The number of fused-ring (bicyclic) bond motifs is 2. The van der Waals surface area contributed by atoms with Gasteiger partial charge in [0.05, 0.1) is 12.6 Å². The van der Waals surface area contributed by atoms with Crippen molar-refractivity contribution in [2.75, 3.05) is 13.2 Å². The van der Waals surface area contributed by atoms with E-state index < -0.39 is 6.09 Å². The number of rotatable bonds is 4. The summed E-state index contributed by atoms with van der Waals surface area (Å²) in [5.41, 5.74) is 0.297. The molecular weight excluding hydrogens is 388 g/mol. The molecule has 0 radical (unpaired) electrons. The molecule has 9 heteroatoms. The van der Waals surface area contributed by atoms with Crippen LogP contribution >= 0.6 is 0 Å². The number of hydrogen-bond donors (Lipinski definition) is 4. The highest BCUT2D eigenvalue weighted by Gasteiger charge is 2.21. The van der Waals surface area contributed by atoms with Crippen LogP contribution in [0.25, 0.3) is 21.5 Å². The lowest BCUT2D eigenvalue weighted by atomic mass is 10.0. The molecule has 1 aliphatic rings. The number of pyridine rings is 2. The number of nitrogens with one attached hydrogen (secondary N) is 3. The van der Waals surface area contributed by atoms with Crippen LogP contribution in [0.1, 0.15) is 18.4 Å². The Balaban J connectivity index is 1.72. The SMILES string of the molecule is O=C(O)NCC#Cc1c[nH]c(=O)c2cc3ccnc(OC[C@@H]4CCC(=O)N4)c3cc12. The van der Waals surface area contributed by atoms with Crippen molar-refractivity contribution < 1.29 is 19.4 Å². The zero-order chi connectivity index (χ0) is 21.1. The second-order valence-electron chi connectivity index (χ2n) is 6.84. The number of aromatic nitrogens is 2. The first-order valence-corrected chi connectivity index (χ1v) is 9.33. The lowest BCUT2D eigenvalue weighted by Crippen LogP contribution is -2.31. The second kappa shape index (κ2) is 8.13. The molecule has 0 spiro atoms. The minimum absolute atomic E-state index is 0.0142. The van der Waals surface area contributed by atoms with E-state index in [1.807, 2.05) is 0 Å². The van der Waals surface area contributed by atoms with Crippen LogP contribution in [0.15, 0.2) is 35.4 Å². The predicted molar refractivity (Wildman–Crippen MR) is 109 cm³/mol. The number of amides is 2. The summed E-state index contributed by atoms with van der Waals surface area (Å²) < 4.78 is 5.87. The third-order valence-corrected chi connectivity index (χ3v) is 4.81. The molecule has 4 N–H and O–H groups in total. The number of ether oxygens (including phenoxy) is 1. The molecule has 1 atom stereocenters. The molecule has 1 saturated heterocycles. The lowest BCUT2D eigenvalue weighted by Gasteiger charge is -2.13. The maximum Gasteiger partial charge on any atom is 0.405 e. The van der Waals surface area contributed by atoms with E-state index in [1.54, 1.807) is 24.4 Å². The number of aromatic amines is 1. The predicted octanol–water partition coefficient (Wildman–Crippen LogP) is 1.35. The molecule has 3 heterocycles. The van der Waals surface area contributed by atoms with Gasteiger partial charge >= 0.3 is 6.09 Å². The fourth-order valence-electron chi connectivity index (χ4n) is 3.36. The molecule has 2 aromatic heterocycles. The van der Waals surface area contributed by atoms with Crippen molar-refractivity contribution in [1.82, 2.24) is 20.6 Å². The largest absolute Gasteiger partial charge is 0.475 e. The average Bonchev–Trinajstić information content (AvgIpc) is 3.15. The van der Waals surface area contributed by atoms with Crippen molar-refractivity contribution >= 4 is 33.5 Å². The summed E-state index contributed by atoms with van der Waals surface area (Å²) in [4.78, 5) is 41.2. The summed E-state index contributed by atoms with van der Waals surface area (Å²) in [6.45, 7) is 0.269. The van der Waals surface area contributed by atoms with E-state index in [2.05, 4.69) is 32.4 Å². The number of hydrogen-bond acceptors (Lipinski definition) is 5. The van der Waals surface area contributed by atoms with Gasteiger partial charge in [0, 0.05) is 40.5 Å². The highest BCUT2D eigenvalue weighted by atomic mass is 16.5. The van der Waals surface area contributed by atoms with Gasteiger partial charge in [-0.25, -0.2) is 9.78 Å². The Morgan fingerprint density at radius 3 is 2.93 bits per heavy atom. The van der Waals surface area contributed by atoms with Crippen LogP contribution in [-0.2, 0) is 4.79 Å². The quantitative estimate of drug-likeness (QED) is 0.382. The topological polar surface area (TPSA) is 133 Å². The minimum atomic E-state index is -1.16. The first-order chi connectivity index (χ1) is 14.5. The number of carbonyl (C=O) groups excluding carboxylic acids is 1. The first kappa shape index (κ1) is 19.3. The third kappa shape index (κ3) is 4.03. The van der Waals surface area contributed by atoms with E-state index in [0.29, 0.717) is 47.1 Å². The van der Waals surface area contributed by atoms with Crippen LogP contribution in [0.2, 0.25) is 0 Å². The number of nitrogens with zero attached hydrogens (tertiary/aromatic N) is 1. The van der Waals surface area contributed by atoms with Crippen LogP contribution in [0.5, 0.6) is 5.88 Å². The van der Waals surface area contributed by atoms with Crippen LogP contribution < -0.4 is 20.9 Å². The fourth-order valence-corrected chi connectivity index (χ4v) is 3.36. The smallest absolute Gasteiger partial charge is 0.405 e. The lowest BCUT2D eigenvalue weighted by molar-refractivity contribution is -0.119. The van der Waals surface area contributed by atoms with Crippen LogP contribution in [0.3, 0.4) is 0 Å². The molecule has 30 heavy (non-hydrogen) atoms. The van der Waals surface area contributed by atoms with Gasteiger partial charge in [0.2, 0.25) is 11.8 Å². The molecule has 152 valence electrons. The average molecular weight is 406 g/mol. The normalized spacial score (nSPS) is 15.5. The highest BCUT2D eigenvalue weighted by Crippen LogP contribution is 2.28. The summed E-state index contributed by atoms with van der Waals surface area (Å²) in [5.74, 6) is 6.02. The van der Waals surface area contributed by atoms with Gasteiger partial charge in [-0.2, -0.15) is 0 Å². The zero-order valence-electron chi connectivity index (χ0n) is 15.8. The van der Waals surface area contributed by atoms with Crippen molar-refractivity contribution in [2.45, 2.75) is 18.9 Å². The zero-order valence-corrected chi connectivity index (χ0v) is 15.8. The van der Waals surface area contributed by atoms with Crippen LogP contribution in [0.4, 0.5) is 4.79 Å². The van der Waals surface area contributed by atoms with Gasteiger partial charge in [-0.05, 0) is 30.0 Å². The first-order valence-electron chi connectivity index (χ1n) is 9.33. The second-order valence-corrected chi connectivity index (χ2v) is 6.84. The van der Waals surface area contributed by atoms with Crippen molar-refractivity contribution in [3.63, 3.8) is 0 Å². The molecule has 9 nitrogen and oxygen atoms in total. The Morgan fingerprint density at radius 2 is 2.17 bits per heavy atom. The summed E-state index contributed by atoms with van der Waals surface area (Å²) in [5, 5.41) is 16.2. The molecule has 0 aliphatic carbocycles. The fraction of sp³-hybridized carbons (Fsp3) is 0.238. The molecule has 4 rings (SSSR count). The molecular formula is C21H18N4O5. The summed E-state index contributed by atoms with van der Waals surface area (Å²) in [7, 11) is 0. The number of benzene rings is 1. The van der Waals surface area contributed by atoms with Crippen molar-refractivity contribution in [2.24, 2.45) is 0 Å².